The van der Waals surface area contributed by atoms with Gasteiger partial charge in [0, 0.05) is 19.3 Å². The van der Waals surface area contributed by atoms with Crippen molar-refractivity contribution in [3.63, 3.8) is 0 Å². The van der Waals surface area contributed by atoms with Crippen molar-refractivity contribution in [1.82, 2.24) is 9.97 Å². The Morgan fingerprint density at radius 1 is 1.35 bits per heavy atom. The second-order valence-electron chi connectivity index (χ2n) is 7.90. The van der Waals surface area contributed by atoms with Crippen LogP contribution in [0.4, 0.5) is 11.8 Å². The molecule has 0 bridgehead atoms. The highest BCUT2D eigenvalue weighted by molar-refractivity contribution is 6.32. The predicted molar refractivity (Wildman–Crippen MR) is 131 cm³/mol. The van der Waals surface area contributed by atoms with Gasteiger partial charge in [-0.1, -0.05) is 17.7 Å². The maximum Gasteiger partial charge on any atom is 0.332 e. The molecule has 1 aromatic heterocycles. The van der Waals surface area contributed by atoms with Crippen molar-refractivity contribution in [2.45, 2.75) is 25.4 Å². The molecule has 1 aliphatic heterocycles. The number of amides is 1. The van der Waals surface area contributed by atoms with Crippen molar-refractivity contribution in [2.75, 3.05) is 50.3 Å². The highest BCUT2D eigenvalue weighted by Gasteiger charge is 2.29. The summed E-state index contributed by atoms with van der Waals surface area (Å²) in [7, 11) is 1.53. The number of carbonyl (C=O) groups is 2. The lowest BCUT2D eigenvalue weighted by Crippen LogP contribution is -2.36. The van der Waals surface area contributed by atoms with E-state index in [9.17, 15) is 19.7 Å². The fourth-order valence-corrected chi connectivity index (χ4v) is 3.94. The molecule has 2 heterocycles. The van der Waals surface area contributed by atoms with Gasteiger partial charge in [-0.3, -0.25) is 4.79 Å². The van der Waals surface area contributed by atoms with Gasteiger partial charge in [0.05, 0.1) is 30.3 Å². The summed E-state index contributed by atoms with van der Waals surface area (Å²) in [5.41, 5.74) is 6.47. The Hall–Kier alpha value is -3.91. The standard InChI is InChI=1S/C22H27ClN6O8/c1-34-18-5-4-14(9-17(18)23)10-25-21-16(20(24)31)11-26-22(27-21)28-6-2-3-15(28)12-36-19(30)13-35-7-8-37-29(32)33/h4-5,9,11,15H,2-3,6-8,10,12-13H2,1H3,(H2,24,31)(H,25,26,27)/t15-/m0/s1. The van der Waals surface area contributed by atoms with Gasteiger partial charge in [-0.05, 0) is 30.5 Å². The Kier molecular flexibility index (Phi) is 10.0. The summed E-state index contributed by atoms with van der Waals surface area (Å²) >= 11 is 6.19. The smallest absolute Gasteiger partial charge is 0.332 e. The number of hydrogen-bond acceptors (Lipinski definition) is 12. The number of carbonyl (C=O) groups excluding carboxylic acids is 2. The molecule has 1 aliphatic rings. The van der Waals surface area contributed by atoms with Crippen molar-refractivity contribution in [2.24, 2.45) is 5.73 Å². The van der Waals surface area contributed by atoms with E-state index in [1.165, 1.54) is 13.3 Å². The van der Waals surface area contributed by atoms with Gasteiger partial charge < -0.3 is 35.0 Å². The number of nitrogens with one attached hydrogen (secondary N) is 1. The number of methoxy groups -OCH3 is 1. The van der Waals surface area contributed by atoms with E-state index in [0.29, 0.717) is 29.8 Å². The van der Waals surface area contributed by atoms with Crippen molar-refractivity contribution >= 4 is 35.2 Å². The molecule has 0 radical (unpaired) electrons. The number of esters is 1. The Morgan fingerprint density at radius 2 is 2.16 bits per heavy atom. The Balaban J connectivity index is 1.61. The minimum absolute atomic E-state index is 0.0711. The van der Waals surface area contributed by atoms with E-state index in [1.807, 2.05) is 11.0 Å². The fraction of sp³-hybridized carbons (Fsp3) is 0.455. The summed E-state index contributed by atoms with van der Waals surface area (Å²) in [5, 5.41) is 12.7. The summed E-state index contributed by atoms with van der Waals surface area (Å²) < 4.78 is 15.4. The first-order chi connectivity index (χ1) is 17.8. The van der Waals surface area contributed by atoms with E-state index in [1.54, 1.807) is 12.1 Å². The summed E-state index contributed by atoms with van der Waals surface area (Å²) in [6.45, 7) is 0.249. The van der Waals surface area contributed by atoms with Gasteiger partial charge >= 0.3 is 5.97 Å². The molecule has 3 N–H and O–H groups in total. The molecule has 0 aliphatic carbocycles. The highest BCUT2D eigenvalue weighted by Crippen LogP contribution is 2.27. The number of ether oxygens (including phenoxy) is 3. The third kappa shape index (κ3) is 8.05. The molecule has 1 atom stereocenters. The molecule has 1 aromatic carbocycles. The average molecular weight is 539 g/mol. The zero-order chi connectivity index (χ0) is 26.8. The Morgan fingerprint density at radius 3 is 2.86 bits per heavy atom. The van der Waals surface area contributed by atoms with Gasteiger partial charge in [0.2, 0.25) is 5.95 Å². The number of hydrogen-bond donors (Lipinski definition) is 2. The zero-order valence-corrected chi connectivity index (χ0v) is 20.8. The zero-order valence-electron chi connectivity index (χ0n) is 20.1. The van der Waals surface area contributed by atoms with E-state index in [2.05, 4.69) is 20.1 Å². The molecular weight excluding hydrogens is 512 g/mol. The Labute approximate surface area is 217 Å². The second-order valence-corrected chi connectivity index (χ2v) is 8.31. The molecule has 1 fully saturated rings. The van der Waals surface area contributed by atoms with Gasteiger partial charge in [-0.25, -0.2) is 9.78 Å². The number of anilines is 2. The van der Waals surface area contributed by atoms with Crippen molar-refractivity contribution < 1.29 is 33.7 Å². The number of rotatable bonds is 14. The molecule has 2 aromatic rings. The van der Waals surface area contributed by atoms with Crippen LogP contribution in [0.1, 0.15) is 28.8 Å². The van der Waals surface area contributed by atoms with Crippen LogP contribution in [-0.4, -0.2) is 73.1 Å². The Bertz CT molecular complexity index is 1120. The first kappa shape index (κ1) is 27.7. The number of nitrogens with zero attached hydrogens (tertiary/aromatic N) is 4. The lowest BCUT2D eigenvalue weighted by molar-refractivity contribution is -0.758. The van der Waals surface area contributed by atoms with Crippen molar-refractivity contribution in [3.8, 4) is 5.75 Å². The molecule has 14 nitrogen and oxygen atoms in total. The van der Waals surface area contributed by atoms with Crippen LogP contribution in [0.25, 0.3) is 0 Å². The topological polar surface area (TPSA) is 181 Å². The van der Waals surface area contributed by atoms with Gasteiger partial charge in [-0.15, -0.1) is 10.1 Å². The van der Waals surface area contributed by atoms with E-state index >= 15 is 0 Å². The summed E-state index contributed by atoms with van der Waals surface area (Å²) in [6.07, 6.45) is 2.92. The molecule has 0 unspecified atom stereocenters. The van der Waals surface area contributed by atoms with E-state index in [0.717, 1.165) is 18.4 Å². The van der Waals surface area contributed by atoms with Crippen LogP contribution in [0.2, 0.25) is 5.02 Å². The van der Waals surface area contributed by atoms with E-state index in [4.69, 9.17) is 31.5 Å². The van der Waals surface area contributed by atoms with Gasteiger partial charge in [-0.2, -0.15) is 4.98 Å². The summed E-state index contributed by atoms with van der Waals surface area (Å²) in [4.78, 5) is 48.8. The van der Waals surface area contributed by atoms with Crippen molar-refractivity contribution in [3.05, 3.63) is 50.7 Å². The molecule has 200 valence electrons. The van der Waals surface area contributed by atoms with E-state index < -0.39 is 17.0 Å². The maximum atomic E-state index is 11.9. The van der Waals surface area contributed by atoms with Crippen LogP contribution in [0, 0.1) is 10.1 Å². The number of aromatic nitrogens is 2. The van der Waals surface area contributed by atoms with Crippen LogP contribution < -0.4 is 20.7 Å². The molecule has 0 spiro atoms. The minimum atomic E-state index is -0.940. The highest BCUT2D eigenvalue weighted by atomic mass is 35.5. The largest absolute Gasteiger partial charge is 0.495 e. The molecule has 1 saturated heterocycles. The van der Waals surface area contributed by atoms with Gasteiger partial charge in [0.25, 0.3) is 11.0 Å². The lowest BCUT2D eigenvalue weighted by Gasteiger charge is -2.25. The normalized spacial score (nSPS) is 14.8. The SMILES string of the molecule is COc1ccc(CNc2nc(N3CCC[C@H]3COC(=O)COCCO[N+](=O)[O-])ncc2C(N)=O)cc1Cl. The van der Waals surface area contributed by atoms with Crippen LogP contribution in [0.15, 0.2) is 24.4 Å². The molecule has 0 saturated carbocycles. The first-order valence-corrected chi connectivity index (χ1v) is 11.7. The first-order valence-electron chi connectivity index (χ1n) is 11.3. The maximum absolute atomic E-state index is 11.9. The molecule has 1 amide bonds. The predicted octanol–water partition coefficient (Wildman–Crippen LogP) is 1.59. The number of primary amides is 1. The molecule has 15 heteroatoms. The average Bonchev–Trinajstić information content (AvgIpc) is 3.34. The monoisotopic (exact) mass is 538 g/mol. The minimum Gasteiger partial charge on any atom is -0.495 e. The fourth-order valence-electron chi connectivity index (χ4n) is 3.66. The molecule has 3 rings (SSSR count). The van der Waals surface area contributed by atoms with Gasteiger partial charge in [0.1, 0.15) is 31.4 Å². The van der Waals surface area contributed by atoms with Crippen LogP contribution in [0.5, 0.6) is 5.75 Å². The van der Waals surface area contributed by atoms with Crippen LogP contribution >= 0.6 is 11.6 Å². The van der Waals surface area contributed by atoms with E-state index in [-0.39, 0.29) is 43.9 Å². The number of nitrogens with two attached hydrogens (primary N) is 1. The molecular formula is C22H27ClN6O8. The number of halogens is 1. The van der Waals surface area contributed by atoms with Crippen molar-refractivity contribution in [1.29, 1.82) is 0 Å². The van der Waals surface area contributed by atoms with Gasteiger partial charge in [0.15, 0.2) is 0 Å². The summed E-state index contributed by atoms with van der Waals surface area (Å²) in [6, 6.07) is 5.12. The lowest BCUT2D eigenvalue weighted by atomic mass is 10.2. The summed E-state index contributed by atoms with van der Waals surface area (Å²) in [5.74, 6) is -0.135. The number of benzene rings is 1. The second kappa shape index (κ2) is 13.4. The quantitative estimate of drug-likeness (QED) is 0.153. The third-order valence-corrected chi connectivity index (χ3v) is 5.73. The molecule has 37 heavy (non-hydrogen) atoms. The van der Waals surface area contributed by atoms with Crippen LogP contribution in [-0.2, 0) is 25.7 Å². The third-order valence-electron chi connectivity index (χ3n) is 5.43. The van der Waals surface area contributed by atoms with Crippen LogP contribution in [0.3, 0.4) is 0 Å².